The van der Waals surface area contributed by atoms with E-state index in [1.54, 1.807) is 6.92 Å². The van der Waals surface area contributed by atoms with Crippen LogP contribution in [0.15, 0.2) is 6.33 Å². The van der Waals surface area contributed by atoms with Gasteiger partial charge in [-0.15, -0.1) is 0 Å². The Labute approximate surface area is 212 Å². The zero-order valence-electron chi connectivity index (χ0n) is 20.8. The molecule has 12 nitrogen and oxygen atoms in total. The molecule has 200 valence electrons. The molecule has 4 rings (SSSR count). The van der Waals surface area contributed by atoms with Crippen LogP contribution in [0, 0.1) is 5.41 Å². The molecule has 2 aliphatic heterocycles. The summed E-state index contributed by atoms with van der Waals surface area (Å²) >= 11 is 1.08. The molecule has 2 aromatic rings. The van der Waals surface area contributed by atoms with Crippen molar-refractivity contribution in [1.82, 2.24) is 19.5 Å². The molecule has 2 aromatic heterocycles. The van der Waals surface area contributed by atoms with Gasteiger partial charge in [0.25, 0.3) is 0 Å². The molecular formula is C21H31FN5O7PS. The number of fused-ring (bicyclic) bond motifs is 2. The van der Waals surface area contributed by atoms with Crippen molar-refractivity contribution in [1.29, 1.82) is 0 Å². The van der Waals surface area contributed by atoms with E-state index in [2.05, 4.69) is 15.0 Å². The largest absolute Gasteiger partial charge is 0.476 e. The van der Waals surface area contributed by atoms with Crippen molar-refractivity contribution in [3.05, 3.63) is 6.33 Å². The highest BCUT2D eigenvalue weighted by Gasteiger charge is 2.61. The van der Waals surface area contributed by atoms with Crippen molar-refractivity contribution in [3.8, 4) is 5.88 Å². The molecule has 1 unspecified atom stereocenters. The zero-order chi connectivity index (χ0) is 26.3. The van der Waals surface area contributed by atoms with Gasteiger partial charge in [-0.2, -0.15) is 9.97 Å². The normalized spacial score (nSPS) is 30.4. The quantitative estimate of drug-likeness (QED) is 0.360. The summed E-state index contributed by atoms with van der Waals surface area (Å²) in [5.41, 5.74) is 3.69. The maximum absolute atomic E-state index is 16.2. The molecule has 2 aliphatic rings. The van der Waals surface area contributed by atoms with Crippen molar-refractivity contribution in [3.63, 3.8) is 0 Å². The van der Waals surface area contributed by atoms with Crippen LogP contribution in [0.2, 0.25) is 0 Å². The Morgan fingerprint density at radius 1 is 1.42 bits per heavy atom. The number of nitrogens with zero attached hydrogens (tertiary/aromatic N) is 4. The maximum Gasteiger partial charge on any atom is 0.475 e. The summed E-state index contributed by atoms with van der Waals surface area (Å²) in [7, 11) is -4.08. The third kappa shape index (κ3) is 5.11. The average Bonchev–Trinajstić information content (AvgIpc) is 3.34. The van der Waals surface area contributed by atoms with Crippen LogP contribution in [0.5, 0.6) is 5.88 Å². The lowest BCUT2D eigenvalue weighted by Crippen LogP contribution is -2.44. The number of halogens is 1. The van der Waals surface area contributed by atoms with Crippen LogP contribution in [0.3, 0.4) is 0 Å². The molecule has 2 saturated heterocycles. The lowest BCUT2D eigenvalue weighted by Gasteiger charge is -2.33. The van der Waals surface area contributed by atoms with E-state index in [1.165, 1.54) is 17.8 Å². The number of alkyl halides is 1. The fourth-order valence-corrected chi connectivity index (χ4v) is 6.32. The van der Waals surface area contributed by atoms with Gasteiger partial charge in [0.1, 0.15) is 12.2 Å². The Balaban J connectivity index is 1.46. The lowest BCUT2D eigenvalue weighted by molar-refractivity contribution is -0.118. The molecular weight excluding hydrogens is 516 g/mol. The Morgan fingerprint density at radius 2 is 2.17 bits per heavy atom. The first-order valence-corrected chi connectivity index (χ1v) is 14.1. The molecule has 2 fully saturated rings. The fraction of sp³-hybridized carbons (Fsp3) is 0.714. The van der Waals surface area contributed by atoms with Crippen LogP contribution in [0.1, 0.15) is 47.3 Å². The predicted octanol–water partition coefficient (Wildman–Crippen LogP) is 3.67. The van der Waals surface area contributed by atoms with Gasteiger partial charge in [-0.3, -0.25) is 22.9 Å². The standard InChI is InChI=1S/C21H31FN5O7PS/c1-6-20(3,4)18(28)36-9-8-31-35(29)32-10-12-14(34-35)21(5,22)17(33-12)27-11-24-13-15(27)25-19(23)26-16(13)30-7-2/h11-12,14,17H,6-10H2,1-5H3,(H2,23,25,26)/t12-,14-,17-,21-,35?/m1/s1. The summed E-state index contributed by atoms with van der Waals surface area (Å²) < 4.78 is 58.2. The topological polar surface area (TPSA) is 150 Å². The van der Waals surface area contributed by atoms with Crippen molar-refractivity contribution in [2.75, 3.05) is 31.3 Å². The minimum Gasteiger partial charge on any atom is -0.476 e. The van der Waals surface area contributed by atoms with Gasteiger partial charge in [0.15, 0.2) is 28.2 Å². The number of thioether (sulfide) groups is 1. The molecule has 0 saturated carbocycles. The summed E-state index contributed by atoms with van der Waals surface area (Å²) in [6.07, 6.45) is -1.30. The summed E-state index contributed by atoms with van der Waals surface area (Å²) in [4.78, 5) is 24.7. The van der Waals surface area contributed by atoms with E-state index >= 15 is 4.39 Å². The monoisotopic (exact) mass is 547 g/mol. The molecule has 15 heteroatoms. The third-order valence-corrected chi connectivity index (χ3v) is 8.90. The maximum atomic E-state index is 16.2. The number of nitrogen functional groups attached to an aromatic ring is 1. The van der Waals surface area contributed by atoms with Crippen LogP contribution in [-0.2, 0) is 27.7 Å². The highest BCUT2D eigenvalue weighted by Crippen LogP contribution is 2.59. The molecule has 4 heterocycles. The lowest BCUT2D eigenvalue weighted by atomic mass is 9.92. The zero-order valence-corrected chi connectivity index (χ0v) is 22.5. The smallest absolute Gasteiger partial charge is 0.475 e. The number of hydrogen-bond acceptors (Lipinski definition) is 12. The van der Waals surface area contributed by atoms with E-state index in [-0.39, 0.29) is 41.6 Å². The van der Waals surface area contributed by atoms with Gasteiger partial charge in [0.05, 0.1) is 26.1 Å². The number of phosphoric acid groups is 1. The molecule has 0 spiro atoms. The number of imidazole rings is 1. The molecule has 2 N–H and O–H groups in total. The number of rotatable bonds is 9. The van der Waals surface area contributed by atoms with E-state index < -0.39 is 37.3 Å². The van der Waals surface area contributed by atoms with E-state index in [0.29, 0.717) is 18.5 Å². The number of carbonyl (C=O) groups is 1. The van der Waals surface area contributed by atoms with Crippen LogP contribution in [-0.4, -0.2) is 68.1 Å². The Hall–Kier alpha value is -1.83. The number of hydrogen-bond donors (Lipinski definition) is 1. The van der Waals surface area contributed by atoms with E-state index in [1.807, 2.05) is 20.8 Å². The number of phosphoric ester groups is 1. The first-order valence-electron chi connectivity index (χ1n) is 11.6. The SMILES string of the molecule is CCOc1nc(N)nc2c1ncn2[C@@H]1O[C@@H]2COP(=O)(OCCSC(=O)C(C)(C)CC)O[C@H]2[C@@]1(C)F. The second-order valence-corrected chi connectivity index (χ2v) is 12.0. The highest BCUT2D eigenvalue weighted by atomic mass is 32.2. The van der Waals surface area contributed by atoms with Gasteiger partial charge in [-0.25, -0.2) is 13.9 Å². The molecule has 0 bridgehead atoms. The van der Waals surface area contributed by atoms with E-state index in [9.17, 15) is 9.36 Å². The number of nitrogens with two attached hydrogens (primary N) is 1. The predicted molar refractivity (Wildman–Crippen MR) is 130 cm³/mol. The molecule has 0 radical (unpaired) electrons. The van der Waals surface area contributed by atoms with Crippen LogP contribution < -0.4 is 10.5 Å². The molecule has 36 heavy (non-hydrogen) atoms. The second-order valence-electron chi connectivity index (χ2n) is 9.30. The third-order valence-electron chi connectivity index (χ3n) is 6.26. The Morgan fingerprint density at radius 3 is 2.86 bits per heavy atom. The van der Waals surface area contributed by atoms with Crippen LogP contribution in [0.25, 0.3) is 11.2 Å². The van der Waals surface area contributed by atoms with Crippen LogP contribution in [0.4, 0.5) is 10.3 Å². The number of aromatic nitrogens is 4. The molecule has 0 amide bonds. The summed E-state index contributed by atoms with van der Waals surface area (Å²) in [6.45, 7) is 8.76. The van der Waals surface area contributed by atoms with Gasteiger partial charge in [-0.05, 0) is 20.3 Å². The van der Waals surface area contributed by atoms with Gasteiger partial charge < -0.3 is 15.2 Å². The summed E-state index contributed by atoms with van der Waals surface area (Å²) in [5.74, 6) is 0.356. The minimum absolute atomic E-state index is 0.00490. The van der Waals surface area contributed by atoms with Crippen LogP contribution >= 0.6 is 19.6 Å². The molecule has 0 aliphatic carbocycles. The Kier molecular flexibility index (Phi) is 7.67. The highest BCUT2D eigenvalue weighted by molar-refractivity contribution is 8.13. The number of ether oxygens (including phenoxy) is 2. The van der Waals surface area contributed by atoms with Gasteiger partial charge in [0.2, 0.25) is 11.8 Å². The Bertz CT molecular complexity index is 1180. The van der Waals surface area contributed by atoms with Gasteiger partial charge in [-0.1, -0.05) is 32.5 Å². The first kappa shape index (κ1) is 27.2. The van der Waals surface area contributed by atoms with E-state index in [4.69, 9.17) is 28.8 Å². The molecule has 0 aromatic carbocycles. The summed E-state index contributed by atoms with van der Waals surface area (Å²) in [5, 5.41) is 0.00490. The van der Waals surface area contributed by atoms with Crippen molar-refractivity contribution in [2.45, 2.75) is 65.1 Å². The van der Waals surface area contributed by atoms with Crippen molar-refractivity contribution in [2.24, 2.45) is 5.41 Å². The average molecular weight is 548 g/mol. The fourth-order valence-electron chi connectivity index (χ4n) is 3.85. The number of anilines is 1. The van der Waals surface area contributed by atoms with Crippen molar-refractivity contribution >= 4 is 41.8 Å². The van der Waals surface area contributed by atoms with Crippen molar-refractivity contribution < 1.29 is 36.8 Å². The summed E-state index contributed by atoms with van der Waals surface area (Å²) in [6, 6.07) is 0. The van der Waals surface area contributed by atoms with Gasteiger partial charge in [0, 0.05) is 11.2 Å². The van der Waals surface area contributed by atoms with Gasteiger partial charge >= 0.3 is 7.82 Å². The first-order chi connectivity index (χ1) is 16.9. The van der Waals surface area contributed by atoms with E-state index in [0.717, 1.165) is 11.8 Å². The minimum atomic E-state index is -4.08. The molecule has 5 atom stereocenters. The second kappa shape index (κ2) is 10.1. The number of carbonyl (C=O) groups excluding carboxylic acids is 1.